The molecule has 1 aromatic heterocycles. The minimum Gasteiger partial charge on any atom is -0.398 e. The second kappa shape index (κ2) is 2.79. The van der Waals surface area contributed by atoms with Crippen LogP contribution in [0.25, 0.3) is 0 Å². The molecule has 0 aliphatic rings. The molecule has 1 aromatic rings. The lowest BCUT2D eigenvalue weighted by atomic mass is 10.3. The molecule has 0 amide bonds. The van der Waals surface area contributed by atoms with Crippen LogP contribution in [-0.4, -0.2) is 11.3 Å². The van der Waals surface area contributed by atoms with Crippen molar-refractivity contribution >= 4 is 27.9 Å². The molecule has 0 fully saturated rings. The number of hydrogen-bond donors (Lipinski definition) is 1. The third-order valence-corrected chi connectivity index (χ3v) is 1.50. The van der Waals surface area contributed by atoms with Gasteiger partial charge in [0.25, 0.3) is 0 Å². The Morgan fingerprint density at radius 2 is 2.40 bits per heavy atom. The number of anilines is 1. The van der Waals surface area contributed by atoms with E-state index in [9.17, 15) is 4.79 Å². The van der Waals surface area contributed by atoms with Gasteiger partial charge in [0.05, 0.1) is 5.56 Å². The number of nitrogen functional groups attached to an aromatic ring is 1. The molecule has 3 nitrogen and oxygen atoms in total. The van der Waals surface area contributed by atoms with Crippen LogP contribution in [0.4, 0.5) is 5.69 Å². The molecule has 0 saturated heterocycles. The first-order valence-corrected chi connectivity index (χ1v) is 3.39. The van der Waals surface area contributed by atoms with Crippen molar-refractivity contribution in [2.75, 3.05) is 5.73 Å². The highest BCUT2D eigenvalue weighted by Gasteiger charge is 1.96. The first-order valence-electron chi connectivity index (χ1n) is 2.60. The summed E-state index contributed by atoms with van der Waals surface area (Å²) < 4.78 is 0.635. The zero-order chi connectivity index (χ0) is 7.56. The molecule has 0 spiro atoms. The Morgan fingerprint density at radius 1 is 1.70 bits per heavy atom. The van der Waals surface area contributed by atoms with Gasteiger partial charge in [-0.15, -0.1) is 0 Å². The van der Waals surface area contributed by atoms with Crippen molar-refractivity contribution < 1.29 is 4.79 Å². The summed E-state index contributed by atoms with van der Waals surface area (Å²) in [6, 6.07) is 1.59. The van der Waals surface area contributed by atoms with Crippen molar-refractivity contribution in [2.24, 2.45) is 0 Å². The van der Waals surface area contributed by atoms with Crippen LogP contribution in [0.3, 0.4) is 0 Å². The quantitative estimate of drug-likeness (QED) is 0.549. The van der Waals surface area contributed by atoms with Gasteiger partial charge in [-0.1, -0.05) is 0 Å². The summed E-state index contributed by atoms with van der Waals surface area (Å²) in [6.07, 6.45) is 2.10. The molecule has 0 atom stereocenters. The molecular weight excluding hydrogens is 196 g/mol. The van der Waals surface area contributed by atoms with Gasteiger partial charge >= 0.3 is 0 Å². The van der Waals surface area contributed by atoms with Crippen LogP contribution in [0.15, 0.2) is 16.9 Å². The predicted molar refractivity (Wildman–Crippen MR) is 41.7 cm³/mol. The van der Waals surface area contributed by atoms with Crippen LogP contribution in [0, 0.1) is 0 Å². The number of aldehydes is 1. The van der Waals surface area contributed by atoms with Crippen LogP contribution in [-0.2, 0) is 0 Å². The Balaban J connectivity index is 3.19. The van der Waals surface area contributed by atoms with Crippen LogP contribution >= 0.6 is 15.9 Å². The lowest BCUT2D eigenvalue weighted by Gasteiger charge is -1.95. The average molecular weight is 201 g/mol. The maximum atomic E-state index is 10.2. The molecule has 0 aliphatic carbocycles. The normalized spacial score (nSPS) is 9.30. The molecule has 52 valence electrons. The minimum atomic E-state index is 0.420. The summed E-state index contributed by atoms with van der Waals surface area (Å²) in [5.41, 5.74) is 6.29. The Kier molecular flexibility index (Phi) is 2.01. The van der Waals surface area contributed by atoms with Crippen molar-refractivity contribution in [3.63, 3.8) is 0 Å². The SMILES string of the molecule is Nc1cc(Br)ncc1C=O. The lowest BCUT2D eigenvalue weighted by molar-refractivity contribution is 0.112. The van der Waals surface area contributed by atoms with Gasteiger partial charge in [-0.2, -0.15) is 0 Å². The molecule has 1 heterocycles. The van der Waals surface area contributed by atoms with Crippen LogP contribution in [0.2, 0.25) is 0 Å². The molecule has 4 heteroatoms. The molecule has 0 aliphatic heterocycles. The first kappa shape index (κ1) is 7.21. The third-order valence-electron chi connectivity index (χ3n) is 1.06. The molecular formula is C6H5BrN2O. The van der Waals surface area contributed by atoms with E-state index < -0.39 is 0 Å². The molecule has 0 saturated carbocycles. The zero-order valence-electron chi connectivity index (χ0n) is 5.04. The fraction of sp³-hybridized carbons (Fsp3) is 0. The zero-order valence-corrected chi connectivity index (χ0v) is 6.63. The Morgan fingerprint density at radius 3 is 2.90 bits per heavy atom. The largest absolute Gasteiger partial charge is 0.398 e. The molecule has 0 bridgehead atoms. The molecule has 2 N–H and O–H groups in total. The maximum Gasteiger partial charge on any atom is 0.153 e. The number of halogens is 1. The monoisotopic (exact) mass is 200 g/mol. The summed E-state index contributed by atoms with van der Waals surface area (Å²) >= 11 is 3.12. The van der Waals surface area contributed by atoms with Crippen LogP contribution in [0.5, 0.6) is 0 Å². The number of nitrogens with zero attached hydrogens (tertiary/aromatic N) is 1. The van der Waals surface area contributed by atoms with Gasteiger partial charge in [0.1, 0.15) is 4.60 Å². The van der Waals surface area contributed by atoms with E-state index >= 15 is 0 Å². The van der Waals surface area contributed by atoms with Crippen molar-refractivity contribution in [1.82, 2.24) is 4.98 Å². The second-order valence-electron chi connectivity index (χ2n) is 1.75. The van der Waals surface area contributed by atoms with Gasteiger partial charge in [-0.25, -0.2) is 4.98 Å². The highest BCUT2D eigenvalue weighted by atomic mass is 79.9. The molecule has 0 radical (unpaired) electrons. The average Bonchev–Trinajstić information content (AvgIpc) is 1.88. The van der Waals surface area contributed by atoms with Gasteiger partial charge < -0.3 is 5.73 Å². The van der Waals surface area contributed by atoms with E-state index in [1.165, 1.54) is 6.20 Å². The predicted octanol–water partition coefficient (Wildman–Crippen LogP) is 1.24. The van der Waals surface area contributed by atoms with E-state index in [0.717, 1.165) is 0 Å². The summed E-state index contributed by atoms with van der Waals surface area (Å²) in [4.78, 5) is 14.0. The summed E-state index contributed by atoms with van der Waals surface area (Å²) in [5.74, 6) is 0. The maximum absolute atomic E-state index is 10.2. The smallest absolute Gasteiger partial charge is 0.153 e. The van der Waals surface area contributed by atoms with E-state index in [1.54, 1.807) is 6.07 Å². The van der Waals surface area contributed by atoms with Gasteiger partial charge in [0.2, 0.25) is 0 Å². The van der Waals surface area contributed by atoms with Crippen LogP contribution in [0.1, 0.15) is 10.4 Å². The fourth-order valence-electron chi connectivity index (χ4n) is 0.553. The fourth-order valence-corrected chi connectivity index (χ4v) is 0.902. The Labute approximate surface area is 66.4 Å². The minimum absolute atomic E-state index is 0.420. The van der Waals surface area contributed by atoms with Gasteiger partial charge in [-0.3, -0.25) is 4.79 Å². The number of hydrogen-bond acceptors (Lipinski definition) is 3. The summed E-state index contributed by atoms with van der Waals surface area (Å²) in [6.45, 7) is 0. The molecule has 1 rings (SSSR count). The van der Waals surface area contributed by atoms with Crippen molar-refractivity contribution in [3.8, 4) is 0 Å². The number of rotatable bonds is 1. The summed E-state index contributed by atoms with van der Waals surface area (Å²) in [7, 11) is 0. The van der Waals surface area contributed by atoms with Gasteiger partial charge in [-0.05, 0) is 22.0 Å². The van der Waals surface area contributed by atoms with Gasteiger partial charge in [0, 0.05) is 11.9 Å². The highest BCUT2D eigenvalue weighted by Crippen LogP contribution is 2.13. The standard InChI is InChI=1S/C6H5BrN2O/c7-6-1-5(8)4(3-10)2-9-6/h1-3H,(H2,8,9). The highest BCUT2D eigenvalue weighted by molar-refractivity contribution is 9.10. The Hall–Kier alpha value is -0.900. The second-order valence-corrected chi connectivity index (χ2v) is 2.57. The van der Waals surface area contributed by atoms with Crippen molar-refractivity contribution in [3.05, 3.63) is 22.4 Å². The number of nitrogens with two attached hydrogens (primary N) is 1. The molecule has 10 heavy (non-hydrogen) atoms. The number of carbonyl (C=O) groups excluding carboxylic acids is 1. The third kappa shape index (κ3) is 1.33. The van der Waals surface area contributed by atoms with E-state index in [1.807, 2.05) is 0 Å². The number of aromatic nitrogens is 1. The van der Waals surface area contributed by atoms with E-state index in [2.05, 4.69) is 20.9 Å². The number of pyridine rings is 1. The first-order chi connectivity index (χ1) is 4.74. The van der Waals surface area contributed by atoms with Crippen LogP contribution < -0.4 is 5.73 Å². The van der Waals surface area contributed by atoms with E-state index in [0.29, 0.717) is 22.1 Å². The number of carbonyl (C=O) groups is 1. The lowest BCUT2D eigenvalue weighted by Crippen LogP contribution is -1.93. The van der Waals surface area contributed by atoms with Gasteiger partial charge in [0.15, 0.2) is 6.29 Å². The van der Waals surface area contributed by atoms with E-state index in [-0.39, 0.29) is 0 Å². The van der Waals surface area contributed by atoms with Crippen molar-refractivity contribution in [2.45, 2.75) is 0 Å². The molecule has 0 unspecified atom stereocenters. The topological polar surface area (TPSA) is 56.0 Å². The van der Waals surface area contributed by atoms with Crippen molar-refractivity contribution in [1.29, 1.82) is 0 Å². The Bertz CT molecular complexity index is 262. The van der Waals surface area contributed by atoms with E-state index in [4.69, 9.17) is 5.73 Å². The molecule has 0 aromatic carbocycles. The summed E-state index contributed by atoms with van der Waals surface area (Å²) in [5, 5.41) is 0.